The third kappa shape index (κ3) is 2.46. The van der Waals surface area contributed by atoms with Gasteiger partial charge in [0.05, 0.1) is 5.69 Å². The van der Waals surface area contributed by atoms with E-state index in [0.29, 0.717) is 5.69 Å². The number of aromatic nitrogens is 1. The highest BCUT2D eigenvalue weighted by Gasteiger charge is 2.26. The van der Waals surface area contributed by atoms with Gasteiger partial charge in [-0.15, -0.1) is 0 Å². The second-order valence-corrected chi connectivity index (χ2v) is 5.21. The predicted molar refractivity (Wildman–Crippen MR) is 70.3 cm³/mol. The average Bonchev–Trinajstić information content (AvgIpc) is 3.24. The van der Waals surface area contributed by atoms with Crippen LogP contribution < -0.4 is 4.90 Å². The Bertz CT molecular complexity index is 453. The van der Waals surface area contributed by atoms with Gasteiger partial charge in [0.2, 0.25) is 0 Å². The van der Waals surface area contributed by atoms with Crippen LogP contribution in [-0.2, 0) is 0 Å². The highest BCUT2D eigenvalue weighted by molar-refractivity contribution is 5.55. The van der Waals surface area contributed by atoms with Gasteiger partial charge in [0.1, 0.15) is 6.07 Å². The van der Waals surface area contributed by atoms with Crippen molar-refractivity contribution < 1.29 is 0 Å². The van der Waals surface area contributed by atoms with E-state index < -0.39 is 0 Å². The van der Waals surface area contributed by atoms with E-state index in [1.807, 2.05) is 12.1 Å². The van der Waals surface area contributed by atoms with Crippen molar-refractivity contribution in [3.8, 4) is 6.07 Å². The zero-order chi connectivity index (χ0) is 12.4. The standard InChI is InChI=1S/C14H18N4/c15-10-13-14(2-1-5-16-13)18-8-6-17(7-9-18)11-12-3-4-12/h1-2,5,12H,3-4,6-9,11H2. The molecule has 2 heterocycles. The topological polar surface area (TPSA) is 43.2 Å². The Hall–Kier alpha value is -1.60. The Labute approximate surface area is 108 Å². The van der Waals surface area contributed by atoms with E-state index in [0.717, 1.165) is 37.8 Å². The lowest BCUT2D eigenvalue weighted by atomic mass is 10.2. The van der Waals surface area contributed by atoms with E-state index >= 15 is 0 Å². The van der Waals surface area contributed by atoms with Crippen LogP contribution in [0.5, 0.6) is 0 Å². The molecule has 0 spiro atoms. The summed E-state index contributed by atoms with van der Waals surface area (Å²) >= 11 is 0. The zero-order valence-corrected chi connectivity index (χ0v) is 10.5. The monoisotopic (exact) mass is 242 g/mol. The number of hydrogen-bond acceptors (Lipinski definition) is 4. The fraction of sp³-hybridized carbons (Fsp3) is 0.571. The third-order valence-corrected chi connectivity index (χ3v) is 3.82. The Kier molecular flexibility index (Phi) is 3.16. The second kappa shape index (κ2) is 4.95. The third-order valence-electron chi connectivity index (χ3n) is 3.82. The highest BCUT2D eigenvalue weighted by atomic mass is 15.3. The van der Waals surface area contributed by atoms with Crippen molar-refractivity contribution in [2.24, 2.45) is 5.92 Å². The molecule has 94 valence electrons. The van der Waals surface area contributed by atoms with Crippen LogP contribution >= 0.6 is 0 Å². The molecule has 1 aliphatic heterocycles. The van der Waals surface area contributed by atoms with Crippen LogP contribution in [0.3, 0.4) is 0 Å². The molecule has 1 saturated carbocycles. The molecule has 0 bridgehead atoms. The van der Waals surface area contributed by atoms with Crippen LogP contribution in [0, 0.1) is 17.2 Å². The molecule has 0 radical (unpaired) electrons. The molecular weight excluding hydrogens is 224 g/mol. The lowest BCUT2D eigenvalue weighted by Gasteiger charge is -2.36. The van der Waals surface area contributed by atoms with Crippen LogP contribution in [0.2, 0.25) is 0 Å². The van der Waals surface area contributed by atoms with Gasteiger partial charge in [-0.05, 0) is 30.9 Å². The van der Waals surface area contributed by atoms with Crippen molar-refractivity contribution >= 4 is 5.69 Å². The maximum atomic E-state index is 9.08. The first-order chi connectivity index (χ1) is 8.86. The van der Waals surface area contributed by atoms with Gasteiger partial charge in [-0.2, -0.15) is 5.26 Å². The predicted octanol–water partition coefficient (Wildman–Crippen LogP) is 1.49. The van der Waals surface area contributed by atoms with Crippen molar-refractivity contribution in [1.82, 2.24) is 9.88 Å². The smallest absolute Gasteiger partial charge is 0.163 e. The maximum absolute atomic E-state index is 9.08. The first kappa shape index (κ1) is 11.5. The second-order valence-electron chi connectivity index (χ2n) is 5.21. The molecule has 0 N–H and O–H groups in total. The molecule has 1 aromatic heterocycles. The molecule has 0 amide bonds. The van der Waals surface area contributed by atoms with Gasteiger partial charge in [0.15, 0.2) is 5.69 Å². The summed E-state index contributed by atoms with van der Waals surface area (Å²) in [5.74, 6) is 0.963. The quantitative estimate of drug-likeness (QED) is 0.805. The summed E-state index contributed by atoms with van der Waals surface area (Å²) in [4.78, 5) is 8.97. The van der Waals surface area contributed by atoms with Gasteiger partial charge in [-0.1, -0.05) is 0 Å². The van der Waals surface area contributed by atoms with Crippen molar-refractivity contribution in [2.45, 2.75) is 12.8 Å². The summed E-state index contributed by atoms with van der Waals surface area (Å²) in [7, 11) is 0. The van der Waals surface area contributed by atoms with Gasteiger partial charge >= 0.3 is 0 Å². The van der Waals surface area contributed by atoms with Crippen molar-refractivity contribution in [1.29, 1.82) is 5.26 Å². The molecule has 4 heteroatoms. The Morgan fingerprint density at radius 3 is 2.72 bits per heavy atom. The molecule has 2 fully saturated rings. The number of anilines is 1. The number of hydrogen-bond donors (Lipinski definition) is 0. The SMILES string of the molecule is N#Cc1ncccc1N1CCN(CC2CC2)CC1. The first-order valence-corrected chi connectivity index (χ1v) is 6.69. The van der Waals surface area contributed by atoms with E-state index in [2.05, 4.69) is 20.9 Å². The molecule has 0 unspecified atom stereocenters. The van der Waals surface area contributed by atoms with Crippen LogP contribution in [0.4, 0.5) is 5.69 Å². The Balaban J connectivity index is 1.63. The van der Waals surface area contributed by atoms with Gasteiger partial charge in [-0.25, -0.2) is 4.98 Å². The normalized spacial score (nSPS) is 20.7. The molecule has 1 saturated heterocycles. The number of piperazine rings is 1. The van der Waals surface area contributed by atoms with Crippen LogP contribution in [-0.4, -0.2) is 42.6 Å². The van der Waals surface area contributed by atoms with E-state index in [4.69, 9.17) is 5.26 Å². The summed E-state index contributed by atoms with van der Waals surface area (Å²) in [5.41, 5.74) is 1.54. The van der Waals surface area contributed by atoms with Crippen molar-refractivity contribution in [2.75, 3.05) is 37.6 Å². The minimum absolute atomic E-state index is 0.549. The summed E-state index contributed by atoms with van der Waals surface area (Å²) in [5, 5.41) is 9.08. The maximum Gasteiger partial charge on any atom is 0.163 e. The lowest BCUT2D eigenvalue weighted by Crippen LogP contribution is -2.47. The molecule has 1 aromatic rings. The molecular formula is C14H18N4. The summed E-state index contributed by atoms with van der Waals surface area (Å²) in [6, 6.07) is 6.09. The van der Waals surface area contributed by atoms with Crippen molar-refractivity contribution in [3.05, 3.63) is 24.0 Å². The molecule has 0 aromatic carbocycles. The van der Waals surface area contributed by atoms with E-state index in [1.54, 1.807) is 6.20 Å². The summed E-state index contributed by atoms with van der Waals surface area (Å²) in [6.45, 7) is 5.50. The highest BCUT2D eigenvalue weighted by Crippen LogP contribution is 2.30. The fourth-order valence-corrected chi connectivity index (χ4v) is 2.58. The van der Waals surface area contributed by atoms with Crippen LogP contribution in [0.25, 0.3) is 0 Å². The Morgan fingerprint density at radius 2 is 2.06 bits per heavy atom. The van der Waals surface area contributed by atoms with Gasteiger partial charge in [0, 0.05) is 38.9 Å². The largest absolute Gasteiger partial charge is 0.367 e. The average molecular weight is 242 g/mol. The lowest BCUT2D eigenvalue weighted by molar-refractivity contribution is 0.248. The first-order valence-electron chi connectivity index (χ1n) is 6.69. The molecule has 1 aliphatic carbocycles. The Morgan fingerprint density at radius 1 is 1.28 bits per heavy atom. The molecule has 18 heavy (non-hydrogen) atoms. The minimum Gasteiger partial charge on any atom is -0.367 e. The molecule has 0 atom stereocenters. The fourth-order valence-electron chi connectivity index (χ4n) is 2.58. The number of nitriles is 1. The number of nitrogens with zero attached hydrogens (tertiary/aromatic N) is 4. The van der Waals surface area contributed by atoms with E-state index in [9.17, 15) is 0 Å². The molecule has 2 aliphatic rings. The molecule has 3 rings (SSSR count). The van der Waals surface area contributed by atoms with Crippen LogP contribution in [0.1, 0.15) is 18.5 Å². The van der Waals surface area contributed by atoms with Gasteiger partial charge in [-0.3, -0.25) is 4.90 Å². The summed E-state index contributed by atoms with van der Waals surface area (Å²) in [6.07, 6.45) is 4.52. The van der Waals surface area contributed by atoms with Gasteiger partial charge in [0.25, 0.3) is 0 Å². The number of pyridine rings is 1. The van der Waals surface area contributed by atoms with E-state index in [1.165, 1.54) is 19.4 Å². The minimum atomic E-state index is 0.549. The number of rotatable bonds is 3. The van der Waals surface area contributed by atoms with Gasteiger partial charge < -0.3 is 4.90 Å². The van der Waals surface area contributed by atoms with Crippen molar-refractivity contribution in [3.63, 3.8) is 0 Å². The molecule has 4 nitrogen and oxygen atoms in total. The van der Waals surface area contributed by atoms with Crippen LogP contribution in [0.15, 0.2) is 18.3 Å². The van der Waals surface area contributed by atoms with E-state index in [-0.39, 0.29) is 0 Å². The summed E-state index contributed by atoms with van der Waals surface area (Å²) < 4.78 is 0. The zero-order valence-electron chi connectivity index (χ0n) is 10.5.